The average Bonchev–Trinajstić information content (AvgIpc) is 3.17. The van der Waals surface area contributed by atoms with E-state index in [0.29, 0.717) is 13.2 Å². The van der Waals surface area contributed by atoms with Crippen LogP contribution in [0.3, 0.4) is 0 Å². The Balaban J connectivity index is 0.00000320. The van der Waals surface area contributed by atoms with Gasteiger partial charge in [-0.3, -0.25) is 4.99 Å². The van der Waals surface area contributed by atoms with E-state index in [1.807, 2.05) is 25.1 Å². The summed E-state index contributed by atoms with van der Waals surface area (Å²) >= 11 is 1.69. The Hall–Kier alpha value is -1.97. The average molecular weight is 536 g/mol. The number of halogens is 1. The molecule has 3 aromatic rings. The molecule has 0 atom stereocenters. The number of rotatable bonds is 9. The van der Waals surface area contributed by atoms with Gasteiger partial charge in [-0.25, -0.2) is 4.98 Å². The van der Waals surface area contributed by atoms with Crippen molar-refractivity contribution in [2.45, 2.75) is 33.1 Å². The van der Waals surface area contributed by atoms with Gasteiger partial charge in [0.05, 0.1) is 23.9 Å². The number of aryl methyl sites for hydroxylation is 1. The van der Waals surface area contributed by atoms with Crippen molar-refractivity contribution < 1.29 is 4.74 Å². The monoisotopic (exact) mass is 536 g/mol. The highest BCUT2D eigenvalue weighted by Crippen LogP contribution is 2.09. The third kappa shape index (κ3) is 8.41. The fourth-order valence-corrected chi connectivity index (χ4v) is 3.50. The molecule has 0 fully saturated rings. The highest BCUT2D eigenvalue weighted by molar-refractivity contribution is 14.0. The summed E-state index contributed by atoms with van der Waals surface area (Å²) in [7, 11) is 1.79. The molecule has 3 rings (SSSR count). The molecule has 0 spiro atoms. The Morgan fingerprint density at radius 3 is 2.27 bits per heavy atom. The second kappa shape index (κ2) is 13.4. The normalized spacial score (nSPS) is 11.1. The Labute approximate surface area is 200 Å². The van der Waals surface area contributed by atoms with Crippen LogP contribution in [0.15, 0.2) is 65.0 Å². The van der Waals surface area contributed by atoms with Crippen molar-refractivity contribution in [3.8, 4) is 0 Å². The third-order valence-corrected chi connectivity index (χ3v) is 5.25. The molecule has 0 aliphatic rings. The van der Waals surface area contributed by atoms with Crippen molar-refractivity contribution in [3.05, 3.63) is 87.4 Å². The van der Waals surface area contributed by atoms with Gasteiger partial charge < -0.3 is 15.4 Å². The largest absolute Gasteiger partial charge is 0.372 e. The number of hydrogen-bond acceptors (Lipinski definition) is 4. The number of aliphatic imine (C=N–C) groups is 1. The zero-order chi connectivity index (χ0) is 20.3. The Bertz CT molecular complexity index is 897. The molecule has 0 bridgehead atoms. The second-order valence-corrected chi connectivity index (χ2v) is 7.82. The van der Waals surface area contributed by atoms with Crippen molar-refractivity contribution in [2.24, 2.45) is 4.99 Å². The van der Waals surface area contributed by atoms with Crippen molar-refractivity contribution in [3.63, 3.8) is 0 Å². The summed E-state index contributed by atoms with van der Waals surface area (Å²) in [5.74, 6) is 0.798. The van der Waals surface area contributed by atoms with E-state index in [9.17, 15) is 0 Å². The van der Waals surface area contributed by atoms with Gasteiger partial charge in [0.1, 0.15) is 0 Å². The number of ether oxygens (including phenoxy) is 1. The highest BCUT2D eigenvalue weighted by Gasteiger charge is 2.02. The lowest BCUT2D eigenvalue weighted by Gasteiger charge is -2.12. The maximum absolute atomic E-state index is 5.79. The van der Waals surface area contributed by atoms with Gasteiger partial charge in [0.2, 0.25) is 0 Å². The highest BCUT2D eigenvalue weighted by atomic mass is 127. The molecule has 160 valence electrons. The van der Waals surface area contributed by atoms with E-state index in [-0.39, 0.29) is 24.0 Å². The standard InChI is InChI=1S/C23H28N4OS.HI/c1-18-27-22(17-29-18)12-13-25-23(24-2)26-14-19-8-10-21(11-9-19)16-28-15-20-6-4-3-5-7-20;/h3-11,17H,12-16H2,1-2H3,(H2,24,25,26);1H. The molecule has 5 nitrogen and oxygen atoms in total. The van der Waals surface area contributed by atoms with Gasteiger partial charge in [0.25, 0.3) is 0 Å². The number of thiazole rings is 1. The number of guanidine groups is 1. The van der Waals surface area contributed by atoms with E-state index in [1.165, 1.54) is 16.7 Å². The SMILES string of the molecule is CN=C(NCCc1csc(C)n1)NCc1ccc(COCc2ccccc2)cc1.I. The zero-order valence-corrected chi connectivity index (χ0v) is 20.6. The lowest BCUT2D eigenvalue weighted by molar-refractivity contribution is 0.107. The molecule has 0 unspecified atom stereocenters. The summed E-state index contributed by atoms with van der Waals surface area (Å²) in [6, 6.07) is 18.7. The first-order valence-corrected chi connectivity index (χ1v) is 10.7. The molecule has 0 aliphatic carbocycles. The lowest BCUT2D eigenvalue weighted by atomic mass is 10.1. The van der Waals surface area contributed by atoms with E-state index < -0.39 is 0 Å². The number of nitrogens with zero attached hydrogens (tertiary/aromatic N) is 2. The Morgan fingerprint density at radius 1 is 0.967 bits per heavy atom. The summed E-state index contributed by atoms with van der Waals surface area (Å²) < 4.78 is 5.79. The van der Waals surface area contributed by atoms with Crippen molar-refractivity contribution >= 4 is 41.3 Å². The number of benzene rings is 2. The number of nitrogens with one attached hydrogen (secondary N) is 2. The molecule has 1 heterocycles. The van der Waals surface area contributed by atoms with Crippen LogP contribution in [0, 0.1) is 6.92 Å². The summed E-state index contributed by atoms with van der Waals surface area (Å²) in [6.07, 6.45) is 0.892. The summed E-state index contributed by atoms with van der Waals surface area (Å²) in [5, 5.41) is 9.90. The first kappa shape index (κ1) is 24.3. The molecule has 0 saturated carbocycles. The first-order chi connectivity index (χ1) is 14.2. The van der Waals surface area contributed by atoms with E-state index in [0.717, 1.165) is 36.2 Å². The molecule has 0 radical (unpaired) electrons. The van der Waals surface area contributed by atoms with Crippen molar-refractivity contribution in [2.75, 3.05) is 13.6 Å². The van der Waals surface area contributed by atoms with Crippen LogP contribution in [0.2, 0.25) is 0 Å². The summed E-state index contributed by atoms with van der Waals surface area (Å²) in [6.45, 7) is 4.80. The third-order valence-electron chi connectivity index (χ3n) is 4.43. The number of aromatic nitrogens is 1. The van der Waals surface area contributed by atoms with E-state index in [2.05, 4.69) is 62.4 Å². The maximum atomic E-state index is 5.79. The van der Waals surface area contributed by atoms with Crippen LogP contribution >= 0.6 is 35.3 Å². The van der Waals surface area contributed by atoms with Crippen LogP contribution in [0.25, 0.3) is 0 Å². The van der Waals surface area contributed by atoms with Gasteiger partial charge in [-0.2, -0.15) is 0 Å². The van der Waals surface area contributed by atoms with Crippen LogP contribution in [-0.4, -0.2) is 24.5 Å². The molecule has 1 aromatic heterocycles. The first-order valence-electron chi connectivity index (χ1n) is 9.78. The molecule has 0 aliphatic heterocycles. The van der Waals surface area contributed by atoms with Crippen LogP contribution in [0.5, 0.6) is 0 Å². The smallest absolute Gasteiger partial charge is 0.191 e. The minimum atomic E-state index is 0. The van der Waals surface area contributed by atoms with Gasteiger partial charge in [0, 0.05) is 31.9 Å². The Kier molecular flexibility index (Phi) is 10.8. The molecule has 0 saturated heterocycles. The van der Waals surface area contributed by atoms with Gasteiger partial charge >= 0.3 is 0 Å². The van der Waals surface area contributed by atoms with E-state index in [4.69, 9.17) is 4.74 Å². The molecule has 0 amide bonds. The molecular weight excluding hydrogens is 507 g/mol. The topological polar surface area (TPSA) is 58.5 Å². The maximum Gasteiger partial charge on any atom is 0.191 e. The Morgan fingerprint density at radius 2 is 1.63 bits per heavy atom. The predicted octanol–water partition coefficient (Wildman–Crippen LogP) is 4.69. The summed E-state index contributed by atoms with van der Waals surface area (Å²) in [5.41, 5.74) is 4.69. The van der Waals surface area contributed by atoms with Gasteiger partial charge in [-0.05, 0) is 23.6 Å². The molecule has 2 aromatic carbocycles. The second-order valence-electron chi connectivity index (χ2n) is 6.76. The molecule has 2 N–H and O–H groups in total. The zero-order valence-electron chi connectivity index (χ0n) is 17.4. The van der Waals surface area contributed by atoms with Crippen molar-refractivity contribution in [1.82, 2.24) is 15.6 Å². The minimum absolute atomic E-state index is 0. The van der Waals surface area contributed by atoms with Crippen LogP contribution in [0.4, 0.5) is 0 Å². The van der Waals surface area contributed by atoms with E-state index >= 15 is 0 Å². The van der Waals surface area contributed by atoms with Crippen LogP contribution in [-0.2, 0) is 30.9 Å². The summed E-state index contributed by atoms with van der Waals surface area (Å²) in [4.78, 5) is 8.76. The minimum Gasteiger partial charge on any atom is -0.372 e. The fourth-order valence-electron chi connectivity index (χ4n) is 2.85. The fraction of sp³-hybridized carbons (Fsp3) is 0.304. The molecule has 30 heavy (non-hydrogen) atoms. The van der Waals surface area contributed by atoms with Crippen LogP contribution < -0.4 is 10.6 Å². The van der Waals surface area contributed by atoms with Gasteiger partial charge in [0.15, 0.2) is 5.96 Å². The predicted molar refractivity (Wildman–Crippen MR) is 136 cm³/mol. The number of hydrogen-bond donors (Lipinski definition) is 2. The van der Waals surface area contributed by atoms with Gasteiger partial charge in [-0.15, -0.1) is 35.3 Å². The molecule has 7 heteroatoms. The van der Waals surface area contributed by atoms with Crippen LogP contribution in [0.1, 0.15) is 27.4 Å². The van der Waals surface area contributed by atoms with Crippen molar-refractivity contribution in [1.29, 1.82) is 0 Å². The van der Waals surface area contributed by atoms with E-state index in [1.54, 1.807) is 18.4 Å². The molecular formula is C23H29IN4OS. The quantitative estimate of drug-likeness (QED) is 0.237. The van der Waals surface area contributed by atoms with Gasteiger partial charge in [-0.1, -0.05) is 54.6 Å². The lowest BCUT2D eigenvalue weighted by Crippen LogP contribution is -2.37.